The van der Waals surface area contributed by atoms with E-state index in [4.69, 9.17) is 9.15 Å². The van der Waals surface area contributed by atoms with Gasteiger partial charge in [0, 0.05) is 6.20 Å². The Bertz CT molecular complexity index is 1470. The van der Waals surface area contributed by atoms with Crippen LogP contribution in [0.3, 0.4) is 0 Å². The Morgan fingerprint density at radius 3 is 2.61 bits per heavy atom. The predicted octanol–water partition coefficient (Wildman–Crippen LogP) is 5.82. The van der Waals surface area contributed by atoms with Crippen LogP contribution in [0.1, 0.15) is 61.4 Å². The molecule has 3 aromatic heterocycles. The first-order valence-corrected chi connectivity index (χ1v) is 13.0. The number of imidazole rings is 1. The molecule has 196 valence electrons. The van der Waals surface area contributed by atoms with Crippen LogP contribution >= 0.6 is 0 Å². The highest BCUT2D eigenvalue weighted by Crippen LogP contribution is 2.41. The van der Waals surface area contributed by atoms with Crippen molar-refractivity contribution in [2.24, 2.45) is 0 Å². The molecule has 5 rings (SSSR count). The van der Waals surface area contributed by atoms with Gasteiger partial charge in [0.05, 0.1) is 36.7 Å². The first-order chi connectivity index (χ1) is 18.5. The SMILES string of the molecule is CCCCCCOc1ccc(C2/C(=C(\O)c3c(C)nc4ccccn34)C(=O)C(=O)N2Cc2ccco2)cc1. The zero-order valence-electron chi connectivity index (χ0n) is 21.6. The number of aliphatic hydroxyl groups is 1. The number of amides is 1. The average molecular weight is 514 g/mol. The van der Waals surface area contributed by atoms with Gasteiger partial charge in [0.2, 0.25) is 0 Å². The Labute approximate surface area is 221 Å². The lowest BCUT2D eigenvalue weighted by molar-refractivity contribution is -0.140. The van der Waals surface area contributed by atoms with Crippen molar-refractivity contribution >= 4 is 23.1 Å². The molecule has 8 heteroatoms. The Morgan fingerprint density at radius 1 is 1.05 bits per heavy atom. The lowest BCUT2D eigenvalue weighted by Gasteiger charge is -2.24. The normalized spacial score (nSPS) is 17.0. The Morgan fingerprint density at radius 2 is 1.87 bits per heavy atom. The molecule has 1 amide bonds. The molecule has 1 aliphatic rings. The zero-order chi connectivity index (χ0) is 26.6. The van der Waals surface area contributed by atoms with E-state index in [2.05, 4.69) is 11.9 Å². The summed E-state index contributed by atoms with van der Waals surface area (Å²) in [6, 6.07) is 15.5. The minimum absolute atomic E-state index is 0.0172. The number of ketones is 1. The van der Waals surface area contributed by atoms with E-state index in [1.54, 1.807) is 29.7 Å². The molecule has 38 heavy (non-hydrogen) atoms. The fourth-order valence-electron chi connectivity index (χ4n) is 4.95. The molecule has 0 spiro atoms. The molecule has 1 N–H and O–H groups in total. The quantitative estimate of drug-likeness (QED) is 0.124. The number of furan rings is 1. The maximum atomic E-state index is 13.4. The van der Waals surface area contributed by atoms with Crippen LogP contribution < -0.4 is 4.74 Å². The van der Waals surface area contributed by atoms with E-state index in [-0.39, 0.29) is 17.9 Å². The summed E-state index contributed by atoms with van der Waals surface area (Å²) < 4.78 is 13.1. The summed E-state index contributed by atoms with van der Waals surface area (Å²) in [7, 11) is 0. The van der Waals surface area contributed by atoms with Crippen LogP contribution in [0.25, 0.3) is 11.4 Å². The molecule has 4 aromatic rings. The van der Waals surface area contributed by atoms with E-state index in [9.17, 15) is 14.7 Å². The molecule has 1 fully saturated rings. The number of rotatable bonds is 10. The van der Waals surface area contributed by atoms with E-state index in [1.807, 2.05) is 42.5 Å². The number of nitrogens with zero attached hydrogens (tertiary/aromatic N) is 3. The molecule has 0 aliphatic carbocycles. The second-order valence-corrected chi connectivity index (χ2v) is 9.46. The topological polar surface area (TPSA) is 97.3 Å². The molecule has 1 saturated heterocycles. The second-order valence-electron chi connectivity index (χ2n) is 9.46. The largest absolute Gasteiger partial charge is 0.505 e. The molecule has 0 saturated carbocycles. The van der Waals surface area contributed by atoms with Gasteiger partial charge in [-0.25, -0.2) is 4.98 Å². The molecule has 4 heterocycles. The highest BCUT2D eigenvalue weighted by atomic mass is 16.5. The minimum Gasteiger partial charge on any atom is -0.505 e. The minimum atomic E-state index is -0.813. The maximum Gasteiger partial charge on any atom is 0.296 e. The van der Waals surface area contributed by atoms with Crippen molar-refractivity contribution in [1.29, 1.82) is 0 Å². The molecule has 1 atom stereocenters. The van der Waals surface area contributed by atoms with Crippen molar-refractivity contribution in [2.75, 3.05) is 6.61 Å². The number of aromatic nitrogens is 2. The van der Waals surface area contributed by atoms with Gasteiger partial charge in [-0.15, -0.1) is 0 Å². The van der Waals surface area contributed by atoms with Gasteiger partial charge in [0.1, 0.15) is 22.9 Å². The van der Waals surface area contributed by atoms with E-state index in [0.717, 1.165) is 12.8 Å². The first-order valence-electron chi connectivity index (χ1n) is 13.0. The van der Waals surface area contributed by atoms with E-state index < -0.39 is 17.7 Å². The fraction of sp³-hybridized carbons (Fsp3) is 0.300. The highest BCUT2D eigenvalue weighted by molar-refractivity contribution is 6.46. The summed E-state index contributed by atoms with van der Waals surface area (Å²) in [6.45, 7) is 4.65. The van der Waals surface area contributed by atoms with Crippen LogP contribution in [0.4, 0.5) is 0 Å². The number of carbonyl (C=O) groups is 2. The number of Topliss-reactive ketones (excluding diaryl/α,β-unsaturated/α-hetero) is 1. The molecule has 1 unspecified atom stereocenters. The number of benzene rings is 1. The second kappa shape index (κ2) is 11.0. The highest BCUT2D eigenvalue weighted by Gasteiger charge is 2.47. The van der Waals surface area contributed by atoms with Gasteiger partial charge in [-0.2, -0.15) is 0 Å². The first kappa shape index (κ1) is 25.3. The van der Waals surface area contributed by atoms with Crippen molar-refractivity contribution in [3.05, 3.63) is 95.3 Å². The number of hydrogen-bond donors (Lipinski definition) is 1. The zero-order valence-corrected chi connectivity index (χ0v) is 21.6. The molecule has 1 aliphatic heterocycles. The van der Waals surface area contributed by atoms with Crippen LogP contribution in [-0.4, -0.2) is 37.7 Å². The number of carbonyl (C=O) groups excluding carboxylic acids is 2. The van der Waals surface area contributed by atoms with Gasteiger partial charge in [0.15, 0.2) is 5.76 Å². The molecule has 1 aromatic carbocycles. The van der Waals surface area contributed by atoms with Gasteiger partial charge < -0.3 is 19.2 Å². The summed E-state index contributed by atoms with van der Waals surface area (Å²) in [5.41, 5.74) is 2.27. The number of fused-ring (bicyclic) bond motifs is 1. The van der Waals surface area contributed by atoms with Crippen molar-refractivity contribution in [1.82, 2.24) is 14.3 Å². The van der Waals surface area contributed by atoms with Crippen molar-refractivity contribution < 1.29 is 23.8 Å². The summed E-state index contributed by atoms with van der Waals surface area (Å²) in [6.07, 6.45) is 7.75. The third-order valence-corrected chi connectivity index (χ3v) is 6.84. The van der Waals surface area contributed by atoms with Gasteiger partial charge in [-0.05, 0) is 55.3 Å². The van der Waals surface area contributed by atoms with Gasteiger partial charge in [0.25, 0.3) is 11.7 Å². The average Bonchev–Trinajstić information content (AvgIpc) is 3.62. The lowest BCUT2D eigenvalue weighted by Crippen LogP contribution is -2.29. The smallest absolute Gasteiger partial charge is 0.296 e. The number of aryl methyl sites for hydroxylation is 1. The molecule has 0 radical (unpaired) electrons. The summed E-state index contributed by atoms with van der Waals surface area (Å²) in [5.74, 6) is -0.459. The van der Waals surface area contributed by atoms with E-state index in [0.29, 0.717) is 40.7 Å². The van der Waals surface area contributed by atoms with Crippen molar-refractivity contribution in [3.8, 4) is 5.75 Å². The fourth-order valence-corrected chi connectivity index (χ4v) is 4.95. The number of unbranched alkanes of at least 4 members (excludes halogenated alkanes) is 3. The summed E-state index contributed by atoms with van der Waals surface area (Å²) >= 11 is 0. The summed E-state index contributed by atoms with van der Waals surface area (Å²) in [5, 5.41) is 11.6. The molecular formula is C30H31N3O5. The monoisotopic (exact) mass is 513 g/mol. The number of pyridine rings is 1. The van der Waals surface area contributed by atoms with E-state index in [1.165, 1.54) is 24.0 Å². The van der Waals surface area contributed by atoms with Crippen molar-refractivity contribution in [3.63, 3.8) is 0 Å². The van der Waals surface area contributed by atoms with Gasteiger partial charge in [-0.3, -0.25) is 14.0 Å². The Kier molecular flexibility index (Phi) is 7.31. The van der Waals surface area contributed by atoms with Crippen LogP contribution in [0.5, 0.6) is 5.75 Å². The van der Waals surface area contributed by atoms with Gasteiger partial charge in [-0.1, -0.05) is 44.4 Å². The van der Waals surface area contributed by atoms with Crippen molar-refractivity contribution in [2.45, 2.75) is 52.1 Å². The van der Waals surface area contributed by atoms with Gasteiger partial charge >= 0.3 is 0 Å². The third kappa shape index (κ3) is 4.81. The number of likely N-dealkylation sites (tertiary alicyclic amines) is 1. The van der Waals surface area contributed by atoms with Crippen LogP contribution in [0.2, 0.25) is 0 Å². The predicted molar refractivity (Wildman–Crippen MR) is 143 cm³/mol. The lowest BCUT2D eigenvalue weighted by atomic mass is 9.96. The van der Waals surface area contributed by atoms with Crippen LogP contribution in [-0.2, 0) is 16.1 Å². The Balaban J connectivity index is 1.54. The number of aliphatic hydroxyl groups excluding tert-OH is 1. The molecular weight excluding hydrogens is 482 g/mol. The van der Waals surface area contributed by atoms with Crippen LogP contribution in [0.15, 0.2) is 77.0 Å². The standard InChI is InChI=1S/C30H31N3O5/c1-3-4-5-8-17-37-22-14-12-21(13-15-22)27-25(29(35)30(36)33(27)19-23-10-9-18-38-23)28(34)26-20(2)31-24-11-6-7-16-32(24)26/h6-7,9-16,18,27,34H,3-5,8,17,19H2,1-2H3/b28-25+. The Hall–Kier alpha value is -4.33. The van der Waals surface area contributed by atoms with Crippen LogP contribution in [0, 0.1) is 6.92 Å². The molecule has 0 bridgehead atoms. The molecule has 8 nitrogen and oxygen atoms in total. The maximum absolute atomic E-state index is 13.4. The number of hydrogen-bond acceptors (Lipinski definition) is 6. The van der Waals surface area contributed by atoms with E-state index >= 15 is 0 Å². The third-order valence-electron chi connectivity index (χ3n) is 6.84. The summed E-state index contributed by atoms with van der Waals surface area (Å²) in [4.78, 5) is 32.6. The number of ether oxygens (including phenoxy) is 1.